The van der Waals surface area contributed by atoms with Gasteiger partial charge in [-0.05, 0) is 24.3 Å². The van der Waals surface area contributed by atoms with Gasteiger partial charge in [-0.3, -0.25) is 4.57 Å². The molecule has 21 heavy (non-hydrogen) atoms. The molecule has 3 rings (SSSR count). The van der Waals surface area contributed by atoms with E-state index in [4.69, 9.17) is 21.1 Å². The van der Waals surface area contributed by atoms with Crippen LogP contribution in [0.2, 0.25) is 0 Å². The molecule has 2 aromatic heterocycles. The van der Waals surface area contributed by atoms with E-state index in [2.05, 4.69) is 9.97 Å². The van der Waals surface area contributed by atoms with Gasteiger partial charge in [0.05, 0.1) is 25.8 Å². The maximum Gasteiger partial charge on any atom is 0.164 e. The minimum absolute atomic E-state index is 0.283. The predicted molar refractivity (Wildman–Crippen MR) is 81.5 cm³/mol. The van der Waals surface area contributed by atoms with Crippen molar-refractivity contribution in [2.45, 2.75) is 5.88 Å². The Morgan fingerprint density at radius 3 is 2.76 bits per heavy atom. The molecule has 3 aromatic rings. The van der Waals surface area contributed by atoms with Gasteiger partial charge in [-0.15, -0.1) is 11.6 Å². The van der Waals surface area contributed by atoms with Gasteiger partial charge >= 0.3 is 0 Å². The summed E-state index contributed by atoms with van der Waals surface area (Å²) in [5, 5.41) is 0. The number of pyridine rings is 1. The molecule has 0 atom stereocenters. The summed E-state index contributed by atoms with van der Waals surface area (Å²) in [5.41, 5.74) is 2.37. The third-order valence-electron chi connectivity index (χ3n) is 3.23. The van der Waals surface area contributed by atoms with Crippen LogP contribution in [0.1, 0.15) is 5.82 Å². The van der Waals surface area contributed by atoms with Gasteiger partial charge in [-0.25, -0.2) is 9.97 Å². The predicted octanol–water partition coefficient (Wildman–Crippen LogP) is 3.18. The molecular formula is C15H14ClN3O2. The molecule has 2 heterocycles. The van der Waals surface area contributed by atoms with Gasteiger partial charge in [0.2, 0.25) is 0 Å². The third-order valence-corrected chi connectivity index (χ3v) is 3.47. The van der Waals surface area contributed by atoms with E-state index in [0.717, 1.165) is 22.6 Å². The van der Waals surface area contributed by atoms with Crippen molar-refractivity contribution in [2.75, 3.05) is 14.2 Å². The van der Waals surface area contributed by atoms with Crippen molar-refractivity contribution in [3.63, 3.8) is 0 Å². The first-order valence-electron chi connectivity index (χ1n) is 6.39. The van der Waals surface area contributed by atoms with E-state index in [1.165, 1.54) is 0 Å². The van der Waals surface area contributed by atoms with E-state index < -0.39 is 0 Å². The average molecular weight is 304 g/mol. The Kier molecular flexibility index (Phi) is 3.66. The molecule has 0 N–H and O–H groups in total. The number of hydrogen-bond acceptors (Lipinski definition) is 4. The fourth-order valence-electron chi connectivity index (χ4n) is 2.27. The SMILES string of the molecule is COc1ccc(-n2c(CCl)nc3cccnc32)c(OC)c1. The van der Waals surface area contributed by atoms with E-state index in [1.807, 2.05) is 34.9 Å². The normalized spacial score (nSPS) is 10.8. The first kappa shape index (κ1) is 13.7. The van der Waals surface area contributed by atoms with Crippen LogP contribution in [-0.4, -0.2) is 28.8 Å². The number of alkyl halides is 1. The highest BCUT2D eigenvalue weighted by Crippen LogP contribution is 2.31. The Hall–Kier alpha value is -2.27. The van der Waals surface area contributed by atoms with Gasteiger partial charge in [0.25, 0.3) is 0 Å². The van der Waals surface area contributed by atoms with Crippen LogP contribution in [-0.2, 0) is 5.88 Å². The molecule has 0 fully saturated rings. The largest absolute Gasteiger partial charge is 0.497 e. The summed E-state index contributed by atoms with van der Waals surface area (Å²) in [7, 11) is 3.23. The quantitative estimate of drug-likeness (QED) is 0.695. The maximum absolute atomic E-state index is 6.03. The molecule has 0 radical (unpaired) electrons. The van der Waals surface area contributed by atoms with Crippen molar-refractivity contribution >= 4 is 22.8 Å². The van der Waals surface area contributed by atoms with E-state index in [-0.39, 0.29) is 5.88 Å². The molecule has 0 aliphatic heterocycles. The third kappa shape index (κ3) is 2.29. The Bertz CT molecular complexity index is 786. The fraction of sp³-hybridized carbons (Fsp3) is 0.200. The summed E-state index contributed by atoms with van der Waals surface area (Å²) >= 11 is 6.03. The number of methoxy groups -OCH3 is 2. The lowest BCUT2D eigenvalue weighted by Gasteiger charge is -2.13. The summed E-state index contributed by atoms with van der Waals surface area (Å²) < 4.78 is 12.6. The number of hydrogen-bond donors (Lipinski definition) is 0. The van der Waals surface area contributed by atoms with Crippen LogP contribution in [0.25, 0.3) is 16.9 Å². The molecule has 0 unspecified atom stereocenters. The number of fused-ring (bicyclic) bond motifs is 1. The van der Waals surface area contributed by atoms with Crippen LogP contribution in [0.4, 0.5) is 0 Å². The Labute approximate surface area is 127 Å². The van der Waals surface area contributed by atoms with E-state index >= 15 is 0 Å². The number of imidazole rings is 1. The van der Waals surface area contributed by atoms with Crippen molar-refractivity contribution in [3.05, 3.63) is 42.4 Å². The number of benzene rings is 1. The molecule has 0 aliphatic rings. The zero-order valence-corrected chi connectivity index (χ0v) is 12.5. The molecule has 0 saturated carbocycles. The fourth-order valence-corrected chi connectivity index (χ4v) is 2.45. The molecular weight excluding hydrogens is 290 g/mol. The molecule has 0 spiro atoms. The molecule has 0 amide bonds. The zero-order valence-electron chi connectivity index (χ0n) is 11.7. The lowest BCUT2D eigenvalue weighted by atomic mass is 10.2. The van der Waals surface area contributed by atoms with Crippen LogP contribution in [0.3, 0.4) is 0 Å². The molecule has 0 aliphatic carbocycles. The average Bonchev–Trinajstić information content (AvgIpc) is 2.92. The minimum Gasteiger partial charge on any atom is -0.497 e. The molecule has 0 saturated heterocycles. The zero-order chi connectivity index (χ0) is 14.8. The van der Waals surface area contributed by atoms with Gasteiger partial charge in [-0.1, -0.05) is 0 Å². The van der Waals surface area contributed by atoms with Crippen molar-refractivity contribution in [3.8, 4) is 17.2 Å². The molecule has 1 aromatic carbocycles. The van der Waals surface area contributed by atoms with E-state index in [9.17, 15) is 0 Å². The van der Waals surface area contributed by atoms with Gasteiger partial charge in [0, 0.05) is 12.3 Å². The van der Waals surface area contributed by atoms with Gasteiger partial charge in [0.15, 0.2) is 5.65 Å². The van der Waals surface area contributed by atoms with E-state index in [0.29, 0.717) is 11.6 Å². The number of nitrogens with zero attached hydrogens (tertiary/aromatic N) is 3. The minimum atomic E-state index is 0.283. The number of aromatic nitrogens is 3. The van der Waals surface area contributed by atoms with Crippen LogP contribution in [0.15, 0.2) is 36.5 Å². The van der Waals surface area contributed by atoms with Crippen molar-refractivity contribution < 1.29 is 9.47 Å². The maximum atomic E-state index is 6.03. The topological polar surface area (TPSA) is 49.2 Å². The molecule has 0 bridgehead atoms. The van der Waals surface area contributed by atoms with Crippen molar-refractivity contribution in [1.29, 1.82) is 0 Å². The van der Waals surface area contributed by atoms with Crippen molar-refractivity contribution in [1.82, 2.24) is 14.5 Å². The highest BCUT2D eigenvalue weighted by Gasteiger charge is 2.16. The summed E-state index contributed by atoms with van der Waals surface area (Å²) in [6, 6.07) is 9.35. The first-order valence-corrected chi connectivity index (χ1v) is 6.92. The number of halogens is 1. The van der Waals surface area contributed by atoms with Crippen molar-refractivity contribution in [2.24, 2.45) is 0 Å². The summed E-state index contributed by atoms with van der Waals surface area (Å²) in [6.07, 6.45) is 1.73. The van der Waals surface area contributed by atoms with Gasteiger partial charge < -0.3 is 9.47 Å². The monoisotopic (exact) mass is 303 g/mol. The standard InChI is InChI=1S/C15H14ClN3O2/c1-20-10-5-6-12(13(8-10)21-2)19-14(9-16)18-11-4-3-7-17-15(11)19/h3-8H,9H2,1-2H3. The number of ether oxygens (including phenoxy) is 2. The van der Waals surface area contributed by atoms with Crippen LogP contribution < -0.4 is 9.47 Å². The van der Waals surface area contributed by atoms with Crippen LogP contribution in [0, 0.1) is 0 Å². The summed E-state index contributed by atoms with van der Waals surface area (Å²) in [5.74, 6) is 2.39. The van der Waals surface area contributed by atoms with E-state index in [1.54, 1.807) is 20.4 Å². The molecule has 5 nitrogen and oxygen atoms in total. The van der Waals surface area contributed by atoms with Crippen LogP contribution >= 0.6 is 11.6 Å². The Morgan fingerprint density at radius 1 is 1.19 bits per heavy atom. The molecule has 6 heteroatoms. The summed E-state index contributed by atoms with van der Waals surface area (Å²) in [6.45, 7) is 0. The number of rotatable bonds is 4. The Balaban J connectivity index is 2.29. The lowest BCUT2D eigenvalue weighted by molar-refractivity contribution is 0.393. The molecule has 108 valence electrons. The smallest absolute Gasteiger partial charge is 0.164 e. The second-order valence-corrected chi connectivity index (χ2v) is 4.65. The second-order valence-electron chi connectivity index (χ2n) is 4.38. The first-order chi connectivity index (χ1) is 10.3. The Morgan fingerprint density at radius 2 is 2.05 bits per heavy atom. The summed E-state index contributed by atoms with van der Waals surface area (Å²) in [4.78, 5) is 8.91. The van der Waals surface area contributed by atoms with Gasteiger partial charge in [-0.2, -0.15) is 0 Å². The highest BCUT2D eigenvalue weighted by molar-refractivity contribution is 6.17. The lowest BCUT2D eigenvalue weighted by Crippen LogP contribution is -2.03. The highest BCUT2D eigenvalue weighted by atomic mass is 35.5. The van der Waals surface area contributed by atoms with Gasteiger partial charge in [0.1, 0.15) is 22.8 Å². The van der Waals surface area contributed by atoms with Crippen LogP contribution in [0.5, 0.6) is 11.5 Å². The second kappa shape index (κ2) is 5.61.